The molecule has 26 rings (SSSR count). The van der Waals surface area contributed by atoms with Gasteiger partial charge in [0.2, 0.25) is 5.69 Å². The Morgan fingerprint density at radius 3 is 0.895 bits per heavy atom. The van der Waals surface area contributed by atoms with E-state index in [9.17, 15) is 10.5 Å². The number of nitriles is 2. The van der Waals surface area contributed by atoms with Crippen molar-refractivity contribution in [2.24, 2.45) is 0 Å². The minimum absolute atomic E-state index is 0.600. The highest BCUT2D eigenvalue weighted by molar-refractivity contribution is 6.34. The fraction of sp³-hybridized carbons (Fsp3) is 0. The van der Waals surface area contributed by atoms with Gasteiger partial charge in [-0.15, -0.1) is 0 Å². The number of benzene rings is 18. The maximum absolute atomic E-state index is 10.3. The van der Waals surface area contributed by atoms with Crippen molar-refractivity contribution < 1.29 is 0 Å². The second-order valence-electron chi connectivity index (χ2n) is 31.8. The van der Waals surface area contributed by atoms with E-state index in [0.717, 1.165) is 112 Å². The van der Waals surface area contributed by atoms with E-state index in [1.165, 1.54) is 109 Å². The van der Waals surface area contributed by atoms with E-state index in [1.807, 2.05) is 121 Å². The first-order valence-corrected chi connectivity index (χ1v) is 41.4. The fourth-order valence-corrected chi connectivity index (χ4v) is 20.7. The van der Waals surface area contributed by atoms with Gasteiger partial charge >= 0.3 is 0 Å². The fourth-order valence-electron chi connectivity index (χ4n) is 20.7. The maximum Gasteiger partial charge on any atom is 0.210 e. The van der Waals surface area contributed by atoms with Gasteiger partial charge in [0.25, 0.3) is 0 Å². The van der Waals surface area contributed by atoms with Gasteiger partial charge in [0, 0.05) is 120 Å². The van der Waals surface area contributed by atoms with Crippen LogP contribution in [0, 0.1) is 35.8 Å². The standard InChI is InChI=1S/2C56H32N6/c1-58-36-15-9-21-40(31-36)60(38-18-6-3-7-19-38)48-27-13-29-50-54(48)44-25-11-23-42-46-32-51-45(33-52(46)62(50)56(42)44)41-22-10-24-43-53-47(26-12-28-49(53)61(51)55(41)43)59(37-16-4-2-5-17-37)39-20-8-14-35(30-39)34-57;1-58-44-25-9-11-27-46(44)60(37-19-6-3-7-20-37)48-29-15-31-50-54(48)41-24-13-22-39-43-32-51-42(33-52(43)62(50)56(39)41)38-21-12-23-40-53-47(28-14-30-49(53)61(51)55(38)40)59(36-17-4-2-5-18-36)45-26-10-8-16-35(45)34-57/h2*2-33H. The maximum atomic E-state index is 10.3. The van der Waals surface area contributed by atoms with Crippen LogP contribution in [0.5, 0.6) is 0 Å². The number of hydrogen-bond acceptors (Lipinski definition) is 6. The minimum atomic E-state index is 0.600. The zero-order valence-electron chi connectivity index (χ0n) is 66.3. The van der Waals surface area contributed by atoms with Gasteiger partial charge in [0.1, 0.15) is 6.07 Å². The van der Waals surface area contributed by atoms with Crippen LogP contribution >= 0.6 is 0 Å². The molecule has 0 atom stereocenters. The molecule has 0 aliphatic heterocycles. The lowest BCUT2D eigenvalue weighted by atomic mass is 10.0. The Bertz CT molecular complexity index is 8560. The van der Waals surface area contributed by atoms with Crippen LogP contribution in [0.2, 0.25) is 0 Å². The van der Waals surface area contributed by atoms with Gasteiger partial charge in [-0.25, -0.2) is 9.69 Å². The molecular formula is C112H64N12. The molecule has 0 radical (unpaired) electrons. The van der Waals surface area contributed by atoms with E-state index >= 15 is 0 Å². The van der Waals surface area contributed by atoms with Crippen molar-refractivity contribution >= 4 is 232 Å². The van der Waals surface area contributed by atoms with E-state index < -0.39 is 0 Å². The first-order chi connectivity index (χ1) is 61.4. The number of nitrogens with zero attached hydrogens (tertiary/aromatic N) is 12. The third kappa shape index (κ3) is 9.85. The van der Waals surface area contributed by atoms with Crippen molar-refractivity contribution in [3.8, 4) is 12.1 Å². The lowest BCUT2D eigenvalue weighted by Gasteiger charge is -2.27. The van der Waals surface area contributed by atoms with Crippen LogP contribution in [0.4, 0.5) is 79.6 Å². The van der Waals surface area contributed by atoms with E-state index in [1.54, 1.807) is 0 Å². The summed E-state index contributed by atoms with van der Waals surface area (Å²) in [6.07, 6.45) is 0. The van der Waals surface area contributed by atoms with Crippen LogP contribution in [0.15, 0.2) is 388 Å². The van der Waals surface area contributed by atoms with Crippen molar-refractivity contribution in [1.82, 2.24) is 17.6 Å². The molecule has 0 spiro atoms. The Hall–Kier alpha value is -17.7. The highest BCUT2D eigenvalue weighted by Gasteiger charge is 2.32. The topological polar surface area (TPSA) is 86.9 Å². The molecular weight excluding hydrogens is 1510 g/mol. The Balaban J connectivity index is 0.000000136. The summed E-state index contributed by atoms with van der Waals surface area (Å²) in [7, 11) is 0. The molecule has 18 aromatic carbocycles. The normalized spacial score (nSPS) is 11.8. The molecule has 0 amide bonds. The van der Waals surface area contributed by atoms with E-state index in [4.69, 9.17) is 13.1 Å². The Morgan fingerprint density at radius 2 is 0.516 bits per heavy atom. The summed E-state index contributed by atoms with van der Waals surface area (Å²) in [5.74, 6) is 0. The predicted octanol–water partition coefficient (Wildman–Crippen LogP) is 30.7. The molecule has 0 bridgehead atoms. The second kappa shape index (κ2) is 26.9. The molecule has 124 heavy (non-hydrogen) atoms. The summed E-state index contributed by atoms with van der Waals surface area (Å²) >= 11 is 0. The van der Waals surface area contributed by atoms with Gasteiger partial charge in [-0.05, 0) is 170 Å². The second-order valence-corrected chi connectivity index (χ2v) is 31.8. The monoisotopic (exact) mass is 1580 g/mol. The Kier molecular flexibility index (Phi) is 15.1. The predicted molar refractivity (Wildman–Crippen MR) is 512 cm³/mol. The zero-order chi connectivity index (χ0) is 82.1. The lowest BCUT2D eigenvalue weighted by Crippen LogP contribution is -2.11. The molecule has 572 valence electrons. The van der Waals surface area contributed by atoms with E-state index in [0.29, 0.717) is 22.5 Å². The van der Waals surface area contributed by atoms with Crippen LogP contribution in [0.1, 0.15) is 11.1 Å². The van der Waals surface area contributed by atoms with Crippen LogP contribution < -0.4 is 19.6 Å². The average Bonchev–Trinajstić information content (AvgIpc) is 1.52. The molecule has 12 heteroatoms. The Morgan fingerprint density at radius 1 is 0.218 bits per heavy atom. The first kappa shape index (κ1) is 69.4. The third-order valence-electron chi connectivity index (χ3n) is 25.5. The van der Waals surface area contributed by atoms with Gasteiger partial charge in [-0.2, -0.15) is 10.5 Å². The number of aromatic nitrogens is 4. The summed E-state index contributed by atoms with van der Waals surface area (Å²) in [6.45, 7) is 15.9. The number of hydrogen-bond donors (Lipinski definition) is 0. The average molecular weight is 1580 g/mol. The molecule has 26 aromatic rings. The Labute approximate surface area is 709 Å². The smallest absolute Gasteiger partial charge is 0.210 e. The van der Waals surface area contributed by atoms with Crippen LogP contribution in [-0.4, -0.2) is 17.6 Å². The molecule has 0 aliphatic rings. The number of rotatable bonds is 12. The van der Waals surface area contributed by atoms with Crippen molar-refractivity contribution in [2.75, 3.05) is 19.6 Å². The highest BCUT2D eigenvalue weighted by Crippen LogP contribution is 2.55. The quantitative estimate of drug-likeness (QED) is 0.113. The van der Waals surface area contributed by atoms with Crippen molar-refractivity contribution in [3.05, 3.63) is 422 Å². The summed E-state index contributed by atoms with van der Waals surface area (Å²) in [5.41, 5.74) is 28.2. The van der Waals surface area contributed by atoms with Gasteiger partial charge < -0.3 is 37.2 Å². The largest absolute Gasteiger partial charge is 0.320 e. The first-order valence-electron chi connectivity index (χ1n) is 41.4. The third-order valence-corrected chi connectivity index (χ3v) is 25.5. The molecule has 0 unspecified atom stereocenters. The van der Waals surface area contributed by atoms with Gasteiger partial charge in [0.15, 0.2) is 5.69 Å². The molecule has 8 aromatic heterocycles. The van der Waals surface area contributed by atoms with Crippen molar-refractivity contribution in [1.29, 1.82) is 10.5 Å². The summed E-state index contributed by atoms with van der Waals surface area (Å²) in [6, 6.07) is 141. The van der Waals surface area contributed by atoms with Gasteiger partial charge in [-0.1, -0.05) is 218 Å². The van der Waals surface area contributed by atoms with E-state index in [-0.39, 0.29) is 0 Å². The van der Waals surface area contributed by atoms with E-state index in [2.05, 4.69) is 326 Å². The van der Waals surface area contributed by atoms with Crippen LogP contribution in [0.3, 0.4) is 0 Å². The minimum Gasteiger partial charge on any atom is -0.320 e. The van der Waals surface area contributed by atoms with Gasteiger partial charge in [-0.3, -0.25) is 0 Å². The van der Waals surface area contributed by atoms with Crippen LogP contribution in [0.25, 0.3) is 162 Å². The molecule has 0 saturated carbocycles. The number of para-hydroxylation sites is 11. The van der Waals surface area contributed by atoms with Gasteiger partial charge in [0.05, 0.1) is 131 Å². The summed E-state index contributed by atoms with van der Waals surface area (Å²) < 4.78 is 9.84. The highest BCUT2D eigenvalue weighted by atomic mass is 15.2. The van der Waals surface area contributed by atoms with Crippen molar-refractivity contribution in [3.63, 3.8) is 0 Å². The number of fused-ring (bicyclic) bond motifs is 24. The summed E-state index contributed by atoms with van der Waals surface area (Å²) in [5, 5.41) is 39.1. The SMILES string of the molecule is [C-]#[N+]c1cccc(N(c2ccccc2)c2cccc3c2c2cccc4c5cc6c(cc5n3c42)c2cccc3c4c(N(c5ccccc5)c5cccc(C#N)c5)cccc4n6c23)c1.[C-]#[N+]c1ccccc1N(c1ccccc1)c1cccc2c1c1cccc3c4cc5c(cc4n2c31)c1cccc2c3c(N(c4ccccc4)c4ccccc4C#N)cccc3n5c12. The molecule has 0 N–H and O–H groups in total. The molecule has 8 heterocycles. The molecule has 0 aliphatic carbocycles. The molecule has 0 fully saturated rings. The lowest BCUT2D eigenvalue weighted by molar-refractivity contribution is 1.28. The van der Waals surface area contributed by atoms with Crippen LogP contribution in [-0.2, 0) is 0 Å². The molecule has 0 saturated heterocycles. The zero-order valence-corrected chi connectivity index (χ0v) is 66.3. The molecule has 12 nitrogen and oxygen atoms in total. The van der Waals surface area contributed by atoms with Crippen molar-refractivity contribution in [2.45, 2.75) is 0 Å². The summed E-state index contributed by atoms with van der Waals surface area (Å²) in [4.78, 5) is 16.8. The number of anilines is 12.